The highest BCUT2D eigenvalue weighted by Gasteiger charge is 2.18. The monoisotopic (exact) mass is 1180 g/mol. The van der Waals surface area contributed by atoms with Gasteiger partial charge in [-0.15, -0.1) is 0 Å². The number of unbranched alkanes of at least 4 members (excludes halogenated alkanes) is 54. The highest BCUT2D eigenvalue weighted by molar-refractivity contribution is 5.76. The zero-order valence-electron chi connectivity index (χ0n) is 56.6. The third kappa shape index (κ3) is 68.9. The van der Waals surface area contributed by atoms with Crippen molar-refractivity contribution >= 4 is 11.9 Å². The number of aliphatic hydroxyl groups is 2. The maximum absolute atomic E-state index is 12.5. The Morgan fingerprint density at radius 1 is 0.333 bits per heavy atom. The van der Waals surface area contributed by atoms with Gasteiger partial charge < -0.3 is 20.3 Å². The Hall–Kier alpha value is -2.18. The molecule has 0 aliphatic heterocycles. The lowest BCUT2D eigenvalue weighted by Gasteiger charge is -2.20. The maximum Gasteiger partial charge on any atom is 0.305 e. The van der Waals surface area contributed by atoms with Crippen LogP contribution >= 0.6 is 0 Å². The molecule has 0 rings (SSSR count). The zero-order chi connectivity index (χ0) is 60.6. The second-order valence-electron chi connectivity index (χ2n) is 26.0. The van der Waals surface area contributed by atoms with Crippen LogP contribution in [0, 0.1) is 0 Å². The fraction of sp³-hybridized carbons (Fsp3) is 0.872. The molecule has 494 valence electrons. The molecule has 3 N–H and O–H groups in total. The first-order valence-electron chi connectivity index (χ1n) is 37.9. The molecule has 0 aromatic heterocycles. The number of amides is 1. The van der Waals surface area contributed by atoms with Crippen LogP contribution in [0.1, 0.15) is 412 Å². The van der Waals surface area contributed by atoms with Gasteiger partial charge in [-0.05, 0) is 89.9 Å². The van der Waals surface area contributed by atoms with Crippen LogP contribution in [0.4, 0.5) is 0 Å². The van der Waals surface area contributed by atoms with Crippen molar-refractivity contribution in [1.82, 2.24) is 5.32 Å². The van der Waals surface area contributed by atoms with Crippen molar-refractivity contribution in [3.8, 4) is 0 Å². The molecule has 0 fully saturated rings. The first kappa shape index (κ1) is 81.8. The molecule has 6 heteroatoms. The summed E-state index contributed by atoms with van der Waals surface area (Å²) in [6.45, 7) is 4.92. The van der Waals surface area contributed by atoms with E-state index in [1.807, 2.05) is 6.08 Å². The molecule has 6 nitrogen and oxygen atoms in total. The minimum Gasteiger partial charge on any atom is -0.466 e. The van der Waals surface area contributed by atoms with Crippen LogP contribution in [0.5, 0.6) is 0 Å². The predicted octanol–water partition coefficient (Wildman–Crippen LogP) is 24.8. The Balaban J connectivity index is 3.42. The van der Waals surface area contributed by atoms with Crippen molar-refractivity contribution in [2.24, 2.45) is 0 Å². The normalized spacial score (nSPS) is 12.8. The van der Waals surface area contributed by atoms with Gasteiger partial charge in [-0.1, -0.05) is 358 Å². The molecule has 1 amide bonds. The van der Waals surface area contributed by atoms with Crippen LogP contribution in [-0.2, 0) is 14.3 Å². The second kappa shape index (κ2) is 73.3. The molecular formula is C78H147NO5. The first-order valence-corrected chi connectivity index (χ1v) is 37.9. The molecular weight excluding hydrogens is 1030 g/mol. The number of esters is 1. The second-order valence-corrected chi connectivity index (χ2v) is 26.0. The van der Waals surface area contributed by atoms with E-state index in [1.165, 1.54) is 334 Å². The Morgan fingerprint density at radius 3 is 0.917 bits per heavy atom. The van der Waals surface area contributed by atoms with E-state index in [0.29, 0.717) is 19.4 Å². The largest absolute Gasteiger partial charge is 0.466 e. The number of nitrogens with one attached hydrogen (secondary N) is 1. The van der Waals surface area contributed by atoms with Gasteiger partial charge in [-0.3, -0.25) is 9.59 Å². The van der Waals surface area contributed by atoms with Gasteiger partial charge in [0.15, 0.2) is 0 Å². The SMILES string of the molecule is CCCCCCC/C=C\CCCCCCCC(=O)OCCCCCCCCCCC/C=C\C/C=C\CCCCCCCCCCCCCCCCCC(=O)NC(CO)C(O)/C=C/CCCCCCCCCCCCCCCCCCCCCC. The molecule has 2 unspecified atom stereocenters. The summed E-state index contributed by atoms with van der Waals surface area (Å²) in [6, 6.07) is -0.629. The summed E-state index contributed by atoms with van der Waals surface area (Å²) in [5.74, 6) is -0.0589. The third-order valence-corrected chi connectivity index (χ3v) is 17.6. The molecule has 2 atom stereocenters. The lowest BCUT2D eigenvalue weighted by Crippen LogP contribution is -2.45. The van der Waals surface area contributed by atoms with Crippen LogP contribution in [-0.4, -0.2) is 47.4 Å². The molecule has 0 radical (unpaired) electrons. The van der Waals surface area contributed by atoms with E-state index in [9.17, 15) is 19.8 Å². The van der Waals surface area contributed by atoms with E-state index < -0.39 is 12.1 Å². The summed E-state index contributed by atoms with van der Waals surface area (Å²) in [5, 5.41) is 23.3. The molecule has 0 aromatic carbocycles. The van der Waals surface area contributed by atoms with E-state index in [2.05, 4.69) is 55.6 Å². The highest BCUT2D eigenvalue weighted by Crippen LogP contribution is 2.19. The van der Waals surface area contributed by atoms with Gasteiger partial charge in [0, 0.05) is 12.8 Å². The number of allylic oxidation sites excluding steroid dienone is 7. The van der Waals surface area contributed by atoms with Gasteiger partial charge in [-0.25, -0.2) is 0 Å². The smallest absolute Gasteiger partial charge is 0.305 e. The van der Waals surface area contributed by atoms with E-state index >= 15 is 0 Å². The van der Waals surface area contributed by atoms with Crippen LogP contribution in [0.3, 0.4) is 0 Å². The van der Waals surface area contributed by atoms with Gasteiger partial charge in [0.05, 0.1) is 25.4 Å². The number of aliphatic hydroxyl groups excluding tert-OH is 2. The quantitative estimate of drug-likeness (QED) is 0.0320. The fourth-order valence-electron chi connectivity index (χ4n) is 11.8. The summed E-state index contributed by atoms with van der Waals surface area (Å²) < 4.78 is 5.48. The number of rotatable bonds is 71. The van der Waals surface area contributed by atoms with Crippen molar-refractivity contribution in [3.63, 3.8) is 0 Å². The van der Waals surface area contributed by atoms with Gasteiger partial charge in [0.2, 0.25) is 5.91 Å². The van der Waals surface area contributed by atoms with Crippen molar-refractivity contribution in [2.45, 2.75) is 424 Å². The average Bonchev–Trinajstić information content (AvgIpc) is 3.51. The number of hydrogen-bond acceptors (Lipinski definition) is 5. The molecule has 0 saturated carbocycles. The molecule has 84 heavy (non-hydrogen) atoms. The Morgan fingerprint density at radius 2 is 0.595 bits per heavy atom. The Kier molecular flexibility index (Phi) is 71.4. The number of hydrogen-bond donors (Lipinski definition) is 3. The molecule has 0 aliphatic rings. The van der Waals surface area contributed by atoms with Crippen LogP contribution in [0.2, 0.25) is 0 Å². The minimum atomic E-state index is -0.846. The van der Waals surface area contributed by atoms with E-state index in [1.54, 1.807) is 6.08 Å². The summed E-state index contributed by atoms with van der Waals surface area (Å²) in [6.07, 6.45) is 96.4. The summed E-state index contributed by atoms with van der Waals surface area (Å²) in [7, 11) is 0. The summed E-state index contributed by atoms with van der Waals surface area (Å²) in [5.41, 5.74) is 0. The molecule has 0 aromatic rings. The fourth-order valence-corrected chi connectivity index (χ4v) is 11.8. The van der Waals surface area contributed by atoms with Crippen molar-refractivity contribution in [1.29, 1.82) is 0 Å². The van der Waals surface area contributed by atoms with E-state index in [-0.39, 0.29) is 18.5 Å². The first-order chi connectivity index (χ1) is 41.5. The molecule has 0 aliphatic carbocycles. The topological polar surface area (TPSA) is 95.9 Å². The third-order valence-electron chi connectivity index (χ3n) is 17.6. The average molecular weight is 1180 g/mol. The standard InChI is InChI=1S/C78H147NO5/c1-3-5-7-9-11-13-15-17-19-20-21-22-34-37-40-43-46-50-54-58-62-66-70-76(81)75(74-80)79-77(82)71-67-63-59-55-51-47-44-41-38-35-32-30-28-26-24-23-25-27-29-31-33-36-39-42-45-49-53-57-61-65-69-73-84-78(83)72-68-64-60-56-52-48-18-16-14-12-10-8-6-4-2/h16,18,25,27,31,33,66,70,75-76,80-81H,3-15,17,19-24,26,28-30,32,34-65,67-69,71-74H2,1-2H3,(H,79,82)/b18-16-,27-25-,33-31-,70-66+. The maximum atomic E-state index is 12.5. The Labute approximate surface area is 525 Å². The summed E-state index contributed by atoms with van der Waals surface area (Å²) >= 11 is 0. The minimum absolute atomic E-state index is 0.00464. The van der Waals surface area contributed by atoms with E-state index in [0.717, 1.165) is 51.4 Å². The van der Waals surface area contributed by atoms with Gasteiger partial charge in [0.1, 0.15) is 0 Å². The van der Waals surface area contributed by atoms with Crippen molar-refractivity contribution in [2.75, 3.05) is 13.2 Å². The van der Waals surface area contributed by atoms with Gasteiger partial charge >= 0.3 is 5.97 Å². The highest BCUT2D eigenvalue weighted by atomic mass is 16.5. The lowest BCUT2D eigenvalue weighted by atomic mass is 10.0. The van der Waals surface area contributed by atoms with Crippen LogP contribution < -0.4 is 5.32 Å². The van der Waals surface area contributed by atoms with Crippen LogP contribution in [0.25, 0.3) is 0 Å². The molecule has 0 saturated heterocycles. The van der Waals surface area contributed by atoms with Crippen molar-refractivity contribution in [3.05, 3.63) is 48.6 Å². The number of carbonyl (C=O) groups excluding carboxylic acids is 2. The van der Waals surface area contributed by atoms with Crippen LogP contribution in [0.15, 0.2) is 48.6 Å². The van der Waals surface area contributed by atoms with Crippen molar-refractivity contribution < 1.29 is 24.5 Å². The zero-order valence-corrected chi connectivity index (χ0v) is 56.6. The lowest BCUT2D eigenvalue weighted by molar-refractivity contribution is -0.143. The van der Waals surface area contributed by atoms with Gasteiger partial charge in [-0.2, -0.15) is 0 Å². The number of ether oxygens (including phenoxy) is 1. The number of carbonyl (C=O) groups is 2. The molecule has 0 heterocycles. The Bertz CT molecular complexity index is 1400. The van der Waals surface area contributed by atoms with E-state index in [4.69, 9.17) is 4.74 Å². The molecule has 0 spiro atoms. The summed E-state index contributed by atoms with van der Waals surface area (Å²) in [4.78, 5) is 24.6. The predicted molar refractivity (Wildman–Crippen MR) is 370 cm³/mol. The van der Waals surface area contributed by atoms with Gasteiger partial charge in [0.25, 0.3) is 0 Å². The molecule has 0 bridgehead atoms.